The number of amides is 1. The third-order valence-electron chi connectivity index (χ3n) is 6.15. The summed E-state index contributed by atoms with van der Waals surface area (Å²) in [6.45, 7) is 5.25. The smallest absolute Gasteiger partial charge is 0.417 e. The van der Waals surface area contributed by atoms with Crippen LogP contribution in [0.25, 0.3) is 11.1 Å². The molecule has 0 aliphatic carbocycles. The summed E-state index contributed by atoms with van der Waals surface area (Å²) in [5.74, 6) is -1.07. The van der Waals surface area contributed by atoms with Gasteiger partial charge in [0, 0.05) is 41.8 Å². The Morgan fingerprint density at radius 3 is 2.24 bits per heavy atom. The lowest BCUT2D eigenvalue weighted by Gasteiger charge is -2.21. The molecule has 4 rings (SSSR count). The highest BCUT2D eigenvalue weighted by Crippen LogP contribution is 2.38. The quantitative estimate of drug-likeness (QED) is 0.233. The van der Waals surface area contributed by atoms with Gasteiger partial charge in [-0.2, -0.15) is 13.2 Å². The molecular formula is C31H27ClF3N3O4. The molecule has 42 heavy (non-hydrogen) atoms. The Labute approximate surface area is 244 Å². The average molecular weight is 598 g/mol. The molecular weight excluding hydrogens is 571 g/mol. The molecule has 2 aromatic heterocycles. The number of benzene rings is 2. The van der Waals surface area contributed by atoms with Crippen LogP contribution < -0.4 is 10.9 Å². The van der Waals surface area contributed by atoms with Crippen LogP contribution in [0.4, 0.5) is 18.9 Å². The van der Waals surface area contributed by atoms with Crippen LogP contribution in [0.15, 0.2) is 90.1 Å². The zero-order valence-electron chi connectivity index (χ0n) is 22.9. The minimum Gasteiger partial charge on any atom is -0.456 e. The van der Waals surface area contributed by atoms with Crippen molar-refractivity contribution in [1.82, 2.24) is 9.55 Å². The largest absolute Gasteiger partial charge is 0.456 e. The molecule has 0 spiro atoms. The molecule has 2 heterocycles. The molecule has 0 saturated carbocycles. The van der Waals surface area contributed by atoms with Crippen LogP contribution in [0.3, 0.4) is 0 Å². The van der Waals surface area contributed by atoms with Crippen molar-refractivity contribution in [3.8, 4) is 11.1 Å². The van der Waals surface area contributed by atoms with E-state index in [-0.39, 0.29) is 22.6 Å². The van der Waals surface area contributed by atoms with E-state index < -0.39 is 40.8 Å². The molecule has 7 nitrogen and oxygen atoms in total. The first-order chi connectivity index (χ1) is 19.7. The van der Waals surface area contributed by atoms with Crippen LogP contribution in [0, 0.1) is 0 Å². The number of carbonyl (C=O) groups is 2. The average Bonchev–Trinajstić information content (AvgIpc) is 2.91. The van der Waals surface area contributed by atoms with Gasteiger partial charge in [0.15, 0.2) is 0 Å². The van der Waals surface area contributed by atoms with E-state index in [1.165, 1.54) is 36.5 Å². The van der Waals surface area contributed by atoms with Gasteiger partial charge in [0.25, 0.3) is 5.56 Å². The highest BCUT2D eigenvalue weighted by atomic mass is 35.5. The van der Waals surface area contributed by atoms with Gasteiger partial charge in [-0.15, -0.1) is 0 Å². The first kappa shape index (κ1) is 30.5. The maximum atomic E-state index is 13.7. The topological polar surface area (TPSA) is 90.3 Å². The number of nitrogens with zero attached hydrogens (tertiary/aromatic N) is 2. The van der Waals surface area contributed by atoms with Crippen molar-refractivity contribution in [2.24, 2.45) is 0 Å². The molecule has 0 radical (unpaired) electrons. The zero-order chi connectivity index (χ0) is 30.7. The summed E-state index contributed by atoms with van der Waals surface area (Å²) in [6, 6.07) is 13.9. The second kappa shape index (κ2) is 12.2. The molecule has 4 aromatic rings. The van der Waals surface area contributed by atoms with Crippen molar-refractivity contribution in [1.29, 1.82) is 0 Å². The van der Waals surface area contributed by atoms with Crippen molar-refractivity contribution in [3.63, 3.8) is 0 Å². The lowest BCUT2D eigenvalue weighted by atomic mass is 9.99. The minimum absolute atomic E-state index is 0.00637. The molecule has 1 amide bonds. The number of ether oxygens (including phenoxy) is 1. The van der Waals surface area contributed by atoms with E-state index in [1.807, 2.05) is 0 Å². The second-order valence-electron chi connectivity index (χ2n) is 10.5. The third kappa shape index (κ3) is 7.64. The van der Waals surface area contributed by atoms with E-state index in [1.54, 1.807) is 45.3 Å². The van der Waals surface area contributed by atoms with E-state index in [4.69, 9.17) is 16.3 Å². The molecule has 0 aliphatic rings. The molecule has 0 saturated heterocycles. The van der Waals surface area contributed by atoms with Crippen LogP contribution in [-0.2, 0) is 22.1 Å². The number of nitrogens with one attached hydrogen (secondary N) is 1. The van der Waals surface area contributed by atoms with Gasteiger partial charge >= 0.3 is 12.1 Å². The fourth-order valence-corrected chi connectivity index (χ4v) is 4.40. The van der Waals surface area contributed by atoms with Gasteiger partial charge in [-0.25, -0.2) is 4.79 Å². The van der Waals surface area contributed by atoms with Crippen molar-refractivity contribution in [2.45, 2.75) is 45.0 Å². The Hall–Kier alpha value is -4.44. The highest BCUT2D eigenvalue weighted by Gasteiger charge is 2.34. The lowest BCUT2D eigenvalue weighted by Crippen LogP contribution is -2.34. The van der Waals surface area contributed by atoms with Crippen molar-refractivity contribution in [3.05, 3.63) is 117 Å². The third-order valence-corrected chi connectivity index (χ3v) is 6.39. The van der Waals surface area contributed by atoms with Gasteiger partial charge in [0.05, 0.1) is 11.1 Å². The molecule has 1 N–H and O–H groups in total. The number of rotatable bonds is 7. The summed E-state index contributed by atoms with van der Waals surface area (Å²) in [5, 5.41) is 2.83. The number of halogens is 4. The van der Waals surface area contributed by atoms with E-state index >= 15 is 0 Å². The van der Waals surface area contributed by atoms with Gasteiger partial charge in [0.2, 0.25) is 5.91 Å². The van der Waals surface area contributed by atoms with Crippen LogP contribution >= 0.6 is 11.6 Å². The first-order valence-electron chi connectivity index (χ1n) is 12.8. The molecule has 0 aliphatic heterocycles. The maximum absolute atomic E-state index is 13.7. The molecule has 1 unspecified atom stereocenters. The zero-order valence-corrected chi connectivity index (χ0v) is 23.7. The van der Waals surface area contributed by atoms with E-state index in [9.17, 15) is 27.6 Å². The van der Waals surface area contributed by atoms with Gasteiger partial charge in [-0.1, -0.05) is 11.6 Å². The fraction of sp³-hybridized carbons (Fsp3) is 0.226. The Bertz CT molecular complexity index is 1650. The maximum Gasteiger partial charge on any atom is 0.417 e. The van der Waals surface area contributed by atoms with Crippen LogP contribution in [0.1, 0.15) is 48.3 Å². The number of aromatic nitrogens is 2. The van der Waals surface area contributed by atoms with E-state index in [0.29, 0.717) is 16.8 Å². The van der Waals surface area contributed by atoms with Gasteiger partial charge in [-0.3, -0.25) is 14.6 Å². The predicted octanol–water partition coefficient (Wildman–Crippen LogP) is 6.96. The first-order valence-corrected chi connectivity index (χ1v) is 13.2. The fourth-order valence-electron chi connectivity index (χ4n) is 4.23. The second-order valence-corrected chi connectivity index (χ2v) is 10.9. The molecule has 1 atom stereocenters. The Morgan fingerprint density at radius 2 is 1.64 bits per heavy atom. The van der Waals surface area contributed by atoms with E-state index in [0.717, 1.165) is 28.8 Å². The van der Waals surface area contributed by atoms with E-state index in [2.05, 4.69) is 10.3 Å². The number of alkyl halides is 3. The summed E-state index contributed by atoms with van der Waals surface area (Å²) in [5.41, 5.74) is -1.18. The Balaban J connectivity index is 1.66. The normalized spacial score (nSPS) is 12.5. The predicted molar refractivity (Wildman–Crippen MR) is 153 cm³/mol. The Morgan fingerprint density at radius 1 is 0.976 bits per heavy atom. The number of pyridine rings is 2. The van der Waals surface area contributed by atoms with Gasteiger partial charge in [0.1, 0.15) is 11.6 Å². The highest BCUT2D eigenvalue weighted by molar-refractivity contribution is 6.30. The molecule has 11 heteroatoms. The summed E-state index contributed by atoms with van der Waals surface area (Å²) < 4.78 is 47.5. The van der Waals surface area contributed by atoms with Crippen LogP contribution in [0.5, 0.6) is 0 Å². The number of anilines is 1. The summed E-state index contributed by atoms with van der Waals surface area (Å²) in [7, 11) is 0. The van der Waals surface area contributed by atoms with Gasteiger partial charge in [-0.05, 0) is 98.1 Å². The Kier molecular flexibility index (Phi) is 8.86. The van der Waals surface area contributed by atoms with Crippen LogP contribution in [0.2, 0.25) is 5.02 Å². The SMILES string of the molecule is CC(C)(C)OC(=O)c1ccc(NC(=O)C(Cc2ccncc2)n2ccc(-c3cc(Cl)ccc3C(F)(F)F)cc2=O)cc1. The van der Waals surface area contributed by atoms with Crippen molar-refractivity contribution < 1.29 is 27.5 Å². The number of hydrogen-bond acceptors (Lipinski definition) is 5. The number of hydrogen-bond donors (Lipinski definition) is 1. The number of carbonyl (C=O) groups excluding carboxylic acids is 2. The molecule has 0 fully saturated rings. The van der Waals surface area contributed by atoms with Crippen molar-refractivity contribution >= 4 is 29.2 Å². The monoisotopic (exact) mass is 597 g/mol. The standard InChI is InChI=1S/C31H27ClF3N3O4/c1-30(2,3)42-29(41)20-4-7-23(8-5-20)37-28(40)26(16-19-10-13-36-14-11-19)38-15-12-21(17-27(38)39)24-18-22(32)6-9-25(24)31(33,34)35/h4-15,17-18,26H,16H2,1-3H3,(H,37,40). The summed E-state index contributed by atoms with van der Waals surface area (Å²) in [4.78, 5) is 43.1. The molecule has 0 bridgehead atoms. The number of esters is 1. The summed E-state index contributed by atoms with van der Waals surface area (Å²) >= 11 is 5.97. The lowest BCUT2D eigenvalue weighted by molar-refractivity contribution is -0.137. The van der Waals surface area contributed by atoms with Gasteiger partial charge < -0.3 is 14.6 Å². The van der Waals surface area contributed by atoms with Crippen LogP contribution in [-0.4, -0.2) is 27.0 Å². The molecule has 218 valence electrons. The van der Waals surface area contributed by atoms with Crippen molar-refractivity contribution in [2.75, 3.05) is 5.32 Å². The molecule has 2 aromatic carbocycles. The summed E-state index contributed by atoms with van der Waals surface area (Å²) in [6.07, 6.45) is -0.200. The minimum atomic E-state index is -4.67.